The quantitative estimate of drug-likeness (QED) is 0.691. The molecule has 1 heterocycles. The number of methoxy groups -OCH3 is 2. The summed E-state index contributed by atoms with van der Waals surface area (Å²) >= 11 is 0. The number of anilines is 1. The van der Waals surface area contributed by atoms with Crippen molar-refractivity contribution in [2.75, 3.05) is 19.5 Å². The Kier molecular flexibility index (Phi) is 5.25. The van der Waals surface area contributed by atoms with Crippen LogP contribution in [0.5, 0.6) is 11.5 Å². The monoisotopic (exact) mass is 392 g/mol. The average Bonchev–Trinajstić information content (AvgIpc) is 3.11. The second-order valence-electron chi connectivity index (χ2n) is 5.58. The number of halogens is 3. The number of benzene rings is 2. The molecule has 3 rings (SSSR count). The molecule has 28 heavy (non-hydrogen) atoms. The number of rotatable bonds is 5. The van der Waals surface area contributed by atoms with Gasteiger partial charge in [0.2, 0.25) is 11.8 Å². The van der Waals surface area contributed by atoms with E-state index in [0.29, 0.717) is 22.6 Å². The van der Waals surface area contributed by atoms with Gasteiger partial charge in [0, 0.05) is 11.1 Å². The van der Waals surface area contributed by atoms with Crippen LogP contribution in [0.3, 0.4) is 0 Å². The third-order valence-corrected chi connectivity index (χ3v) is 3.79. The van der Waals surface area contributed by atoms with Crippen LogP contribution in [0.25, 0.3) is 22.7 Å². The molecule has 2 aromatic carbocycles. The van der Waals surface area contributed by atoms with Crippen molar-refractivity contribution < 1.29 is 31.9 Å². The largest absolute Gasteiger partial charge is 0.493 e. The first-order valence-electron chi connectivity index (χ1n) is 8.00. The Balaban J connectivity index is 2.08. The first kappa shape index (κ1) is 19.3. The van der Waals surface area contributed by atoms with E-state index in [2.05, 4.69) is 4.98 Å². The zero-order chi connectivity index (χ0) is 20.3. The van der Waals surface area contributed by atoms with Crippen molar-refractivity contribution >= 4 is 11.8 Å². The molecule has 0 radical (unpaired) electrons. The molecule has 0 fully saturated rings. The molecular weight excluding hydrogens is 377 g/mol. The summed E-state index contributed by atoms with van der Waals surface area (Å²) in [7, 11) is 2.92. The predicted molar refractivity (Wildman–Crippen MR) is 95.2 cm³/mol. The first-order valence-corrected chi connectivity index (χ1v) is 8.00. The van der Waals surface area contributed by atoms with Crippen LogP contribution in [0, 0.1) is 0 Å². The standard InChI is InChI=1S/C19H15F3N2O4/c1-26-13-9-8-12(10-14(13)27-2)16-23-15(11-6-4-3-5-7-11)17(28-16)24-18(25)19(20,21)22/h3-10H,1-2H3,(H,24,25). The molecule has 0 bridgehead atoms. The molecule has 1 aromatic heterocycles. The van der Waals surface area contributed by atoms with Gasteiger partial charge in [-0.1, -0.05) is 30.3 Å². The Labute approximate surface area is 157 Å². The first-order chi connectivity index (χ1) is 13.3. The molecule has 0 aliphatic rings. The van der Waals surface area contributed by atoms with Crippen molar-refractivity contribution in [3.05, 3.63) is 48.5 Å². The zero-order valence-corrected chi connectivity index (χ0v) is 14.8. The van der Waals surface area contributed by atoms with Gasteiger partial charge in [-0.15, -0.1) is 0 Å². The summed E-state index contributed by atoms with van der Waals surface area (Å²) in [5, 5.41) is 1.74. The molecule has 1 amide bonds. The third kappa shape index (κ3) is 3.93. The van der Waals surface area contributed by atoms with E-state index >= 15 is 0 Å². The lowest BCUT2D eigenvalue weighted by Gasteiger charge is -2.08. The zero-order valence-electron chi connectivity index (χ0n) is 14.8. The predicted octanol–water partition coefficient (Wildman–Crippen LogP) is 4.53. The second kappa shape index (κ2) is 7.63. The van der Waals surface area contributed by atoms with Crippen LogP contribution in [0.1, 0.15) is 0 Å². The Hall–Kier alpha value is -3.49. The number of aromatic nitrogens is 1. The van der Waals surface area contributed by atoms with Crippen LogP contribution in [0.4, 0.5) is 19.1 Å². The maximum atomic E-state index is 12.7. The number of nitrogens with one attached hydrogen (secondary N) is 1. The van der Waals surface area contributed by atoms with E-state index in [1.54, 1.807) is 53.8 Å². The number of alkyl halides is 3. The molecule has 0 unspecified atom stereocenters. The summed E-state index contributed by atoms with van der Waals surface area (Å²) in [5.74, 6) is -1.69. The highest BCUT2D eigenvalue weighted by atomic mass is 19.4. The fourth-order valence-corrected chi connectivity index (χ4v) is 2.46. The summed E-state index contributed by atoms with van der Waals surface area (Å²) < 4.78 is 53.9. The number of carbonyl (C=O) groups is 1. The molecule has 146 valence electrons. The molecule has 9 heteroatoms. The summed E-state index contributed by atoms with van der Waals surface area (Å²) in [4.78, 5) is 15.7. The third-order valence-electron chi connectivity index (χ3n) is 3.79. The highest BCUT2D eigenvalue weighted by Crippen LogP contribution is 2.37. The molecule has 0 aliphatic carbocycles. The van der Waals surface area contributed by atoms with Crippen LogP contribution >= 0.6 is 0 Å². The highest BCUT2D eigenvalue weighted by Gasteiger charge is 2.40. The van der Waals surface area contributed by atoms with Crippen LogP contribution < -0.4 is 14.8 Å². The fraction of sp³-hybridized carbons (Fsp3) is 0.158. The van der Waals surface area contributed by atoms with Crippen molar-refractivity contribution in [1.29, 1.82) is 0 Å². The lowest BCUT2D eigenvalue weighted by molar-refractivity contribution is -0.167. The maximum Gasteiger partial charge on any atom is 0.471 e. The van der Waals surface area contributed by atoms with Crippen LogP contribution in [0.15, 0.2) is 52.9 Å². The number of carbonyl (C=O) groups excluding carboxylic acids is 1. The molecular formula is C19H15F3N2O4. The van der Waals surface area contributed by atoms with Crippen molar-refractivity contribution in [2.24, 2.45) is 0 Å². The van der Waals surface area contributed by atoms with E-state index in [0.717, 1.165) is 0 Å². The van der Waals surface area contributed by atoms with E-state index in [-0.39, 0.29) is 11.6 Å². The molecule has 1 N–H and O–H groups in total. The lowest BCUT2D eigenvalue weighted by atomic mass is 10.1. The second-order valence-corrected chi connectivity index (χ2v) is 5.58. The number of amides is 1. The minimum atomic E-state index is -5.07. The summed E-state index contributed by atoms with van der Waals surface area (Å²) in [6, 6.07) is 13.2. The van der Waals surface area contributed by atoms with Gasteiger partial charge in [0.25, 0.3) is 0 Å². The molecule has 3 aromatic rings. The van der Waals surface area contributed by atoms with Crippen LogP contribution in [-0.2, 0) is 4.79 Å². The Morgan fingerprint density at radius 1 is 1.00 bits per heavy atom. The molecule has 6 nitrogen and oxygen atoms in total. The van der Waals surface area contributed by atoms with Gasteiger partial charge < -0.3 is 13.9 Å². The smallest absolute Gasteiger partial charge is 0.471 e. The number of nitrogens with zero attached hydrogens (tertiary/aromatic N) is 1. The van der Waals surface area contributed by atoms with Crippen molar-refractivity contribution in [3.8, 4) is 34.2 Å². The number of hydrogen-bond acceptors (Lipinski definition) is 5. The van der Waals surface area contributed by atoms with Gasteiger partial charge >= 0.3 is 12.1 Å². The molecule has 0 saturated carbocycles. The van der Waals surface area contributed by atoms with Gasteiger partial charge in [0.1, 0.15) is 5.69 Å². The van der Waals surface area contributed by atoms with E-state index in [1.165, 1.54) is 14.2 Å². The highest BCUT2D eigenvalue weighted by molar-refractivity contribution is 5.96. The van der Waals surface area contributed by atoms with E-state index < -0.39 is 18.0 Å². The Bertz CT molecular complexity index is 985. The van der Waals surface area contributed by atoms with Gasteiger partial charge in [-0.05, 0) is 18.2 Å². The number of ether oxygens (including phenoxy) is 2. The topological polar surface area (TPSA) is 73.6 Å². The van der Waals surface area contributed by atoms with Gasteiger partial charge in [-0.3, -0.25) is 10.1 Å². The SMILES string of the molecule is COc1ccc(-c2nc(-c3ccccc3)c(NC(=O)C(F)(F)F)o2)cc1OC. The summed E-state index contributed by atoms with van der Waals surface area (Å²) in [6.07, 6.45) is -5.07. The van der Waals surface area contributed by atoms with Gasteiger partial charge in [-0.2, -0.15) is 13.2 Å². The lowest BCUT2D eigenvalue weighted by Crippen LogP contribution is -2.29. The van der Waals surface area contributed by atoms with Crippen molar-refractivity contribution in [3.63, 3.8) is 0 Å². The minimum Gasteiger partial charge on any atom is -0.493 e. The normalized spacial score (nSPS) is 11.2. The van der Waals surface area contributed by atoms with Gasteiger partial charge in [0.05, 0.1) is 14.2 Å². The van der Waals surface area contributed by atoms with E-state index in [4.69, 9.17) is 13.9 Å². The Morgan fingerprint density at radius 3 is 2.29 bits per heavy atom. The Morgan fingerprint density at radius 2 is 1.68 bits per heavy atom. The van der Waals surface area contributed by atoms with Crippen LogP contribution in [-0.4, -0.2) is 31.3 Å². The minimum absolute atomic E-state index is 0.0114. The van der Waals surface area contributed by atoms with E-state index in [1.807, 2.05) is 0 Å². The maximum absolute atomic E-state index is 12.7. The molecule has 0 aliphatic heterocycles. The molecule has 0 saturated heterocycles. The fourth-order valence-electron chi connectivity index (χ4n) is 2.46. The van der Waals surface area contributed by atoms with Gasteiger partial charge in [-0.25, -0.2) is 4.98 Å². The number of hydrogen-bond donors (Lipinski definition) is 1. The average molecular weight is 392 g/mol. The summed E-state index contributed by atoms with van der Waals surface area (Å²) in [6.45, 7) is 0. The number of oxazole rings is 1. The van der Waals surface area contributed by atoms with Crippen LogP contribution in [0.2, 0.25) is 0 Å². The van der Waals surface area contributed by atoms with Crippen molar-refractivity contribution in [1.82, 2.24) is 4.98 Å². The molecule has 0 atom stereocenters. The van der Waals surface area contributed by atoms with Gasteiger partial charge in [0.15, 0.2) is 11.5 Å². The summed E-state index contributed by atoms with van der Waals surface area (Å²) in [5.41, 5.74) is 0.987. The van der Waals surface area contributed by atoms with E-state index in [9.17, 15) is 18.0 Å². The van der Waals surface area contributed by atoms with Crippen molar-refractivity contribution in [2.45, 2.75) is 6.18 Å². The molecule has 0 spiro atoms.